The van der Waals surface area contributed by atoms with Crippen LogP contribution in [0, 0.1) is 0 Å². The third-order valence-electron chi connectivity index (χ3n) is 3.46. The maximum Gasteiger partial charge on any atom is 0.0849 e. The number of nitrogens with zero attached hydrogens (tertiary/aromatic N) is 2. The SMILES string of the molecule is CNC(c1cnn(C)c1)C1(C)CCCCO1. The molecule has 0 spiro atoms. The van der Waals surface area contributed by atoms with Crippen LogP contribution < -0.4 is 5.32 Å². The lowest BCUT2D eigenvalue weighted by atomic mass is 9.85. The lowest BCUT2D eigenvalue weighted by Crippen LogP contribution is -2.44. The largest absolute Gasteiger partial charge is 0.373 e. The van der Waals surface area contributed by atoms with Crippen LogP contribution in [0.3, 0.4) is 0 Å². The Balaban J connectivity index is 2.20. The van der Waals surface area contributed by atoms with E-state index >= 15 is 0 Å². The van der Waals surface area contributed by atoms with E-state index in [4.69, 9.17) is 4.74 Å². The molecule has 0 saturated carbocycles. The minimum absolute atomic E-state index is 0.101. The van der Waals surface area contributed by atoms with Crippen molar-refractivity contribution in [1.29, 1.82) is 0 Å². The summed E-state index contributed by atoms with van der Waals surface area (Å²) in [7, 11) is 3.93. The quantitative estimate of drug-likeness (QED) is 0.846. The van der Waals surface area contributed by atoms with Gasteiger partial charge in [0.15, 0.2) is 0 Å². The molecule has 1 aliphatic rings. The first-order chi connectivity index (χ1) is 7.65. The Morgan fingerprint density at radius 1 is 1.56 bits per heavy atom. The highest BCUT2D eigenvalue weighted by atomic mass is 16.5. The van der Waals surface area contributed by atoms with Crippen LogP contribution in [-0.2, 0) is 11.8 Å². The highest BCUT2D eigenvalue weighted by molar-refractivity contribution is 5.15. The van der Waals surface area contributed by atoms with Gasteiger partial charge < -0.3 is 10.1 Å². The zero-order valence-electron chi connectivity index (χ0n) is 10.4. The van der Waals surface area contributed by atoms with Crippen molar-refractivity contribution in [2.45, 2.75) is 37.8 Å². The second-order valence-corrected chi connectivity index (χ2v) is 4.79. The molecule has 0 amide bonds. The van der Waals surface area contributed by atoms with E-state index in [1.807, 2.05) is 25.0 Å². The summed E-state index contributed by atoms with van der Waals surface area (Å²) in [6, 6.07) is 0.224. The molecule has 2 unspecified atom stereocenters. The first kappa shape index (κ1) is 11.6. The summed E-state index contributed by atoms with van der Waals surface area (Å²) in [4.78, 5) is 0. The van der Waals surface area contributed by atoms with Gasteiger partial charge in [0.25, 0.3) is 0 Å². The average Bonchev–Trinajstić information content (AvgIpc) is 2.66. The predicted octanol–water partition coefficient (Wildman–Crippen LogP) is 1.64. The number of aryl methyl sites for hydroxylation is 1. The van der Waals surface area contributed by atoms with Crippen molar-refractivity contribution in [3.05, 3.63) is 18.0 Å². The Morgan fingerprint density at radius 2 is 2.38 bits per heavy atom. The molecule has 2 rings (SSSR count). The van der Waals surface area contributed by atoms with E-state index in [1.165, 1.54) is 18.4 Å². The number of nitrogens with one attached hydrogen (secondary N) is 1. The van der Waals surface area contributed by atoms with Crippen LogP contribution in [0.25, 0.3) is 0 Å². The maximum absolute atomic E-state index is 5.98. The van der Waals surface area contributed by atoms with Gasteiger partial charge in [-0.05, 0) is 33.2 Å². The molecule has 0 bridgehead atoms. The molecular weight excluding hydrogens is 202 g/mol. The van der Waals surface area contributed by atoms with Gasteiger partial charge in [-0.2, -0.15) is 5.10 Å². The first-order valence-electron chi connectivity index (χ1n) is 5.95. The zero-order chi connectivity index (χ0) is 11.6. The Labute approximate surface area is 97.0 Å². The molecule has 1 aromatic heterocycles. The van der Waals surface area contributed by atoms with Gasteiger partial charge >= 0.3 is 0 Å². The van der Waals surface area contributed by atoms with Crippen LogP contribution in [-0.4, -0.2) is 29.0 Å². The first-order valence-corrected chi connectivity index (χ1v) is 5.95. The van der Waals surface area contributed by atoms with Gasteiger partial charge in [-0.3, -0.25) is 4.68 Å². The molecular formula is C12H21N3O. The summed E-state index contributed by atoms with van der Waals surface area (Å²) in [6.07, 6.45) is 7.51. The molecule has 1 fully saturated rings. The molecule has 0 radical (unpaired) electrons. The van der Waals surface area contributed by atoms with Crippen LogP contribution >= 0.6 is 0 Å². The van der Waals surface area contributed by atoms with Crippen molar-refractivity contribution in [3.63, 3.8) is 0 Å². The van der Waals surface area contributed by atoms with E-state index in [2.05, 4.69) is 23.5 Å². The topological polar surface area (TPSA) is 39.1 Å². The highest BCUT2D eigenvalue weighted by Crippen LogP contribution is 2.36. The molecule has 16 heavy (non-hydrogen) atoms. The molecule has 1 N–H and O–H groups in total. The summed E-state index contributed by atoms with van der Waals surface area (Å²) < 4.78 is 7.82. The van der Waals surface area contributed by atoms with Crippen molar-refractivity contribution in [3.8, 4) is 0 Å². The van der Waals surface area contributed by atoms with Gasteiger partial charge in [0.1, 0.15) is 0 Å². The smallest absolute Gasteiger partial charge is 0.0849 e. The Kier molecular flexibility index (Phi) is 3.30. The van der Waals surface area contributed by atoms with E-state index in [9.17, 15) is 0 Å². The maximum atomic E-state index is 5.98. The highest BCUT2D eigenvalue weighted by Gasteiger charge is 2.37. The third-order valence-corrected chi connectivity index (χ3v) is 3.46. The van der Waals surface area contributed by atoms with E-state index < -0.39 is 0 Å². The molecule has 0 aromatic carbocycles. The summed E-state index contributed by atoms with van der Waals surface area (Å²) in [5.41, 5.74) is 1.10. The van der Waals surface area contributed by atoms with Gasteiger partial charge in [-0.15, -0.1) is 0 Å². The predicted molar refractivity (Wildman–Crippen MR) is 63.2 cm³/mol. The fraction of sp³-hybridized carbons (Fsp3) is 0.750. The molecule has 1 aromatic rings. The van der Waals surface area contributed by atoms with Crippen molar-refractivity contribution in [2.24, 2.45) is 7.05 Å². The lowest BCUT2D eigenvalue weighted by molar-refractivity contribution is -0.0884. The van der Waals surface area contributed by atoms with Crippen molar-refractivity contribution in [2.75, 3.05) is 13.7 Å². The third kappa shape index (κ3) is 2.13. The molecule has 1 saturated heterocycles. The molecule has 90 valence electrons. The molecule has 4 heteroatoms. The van der Waals surface area contributed by atoms with Crippen LogP contribution in [0.2, 0.25) is 0 Å². The number of ether oxygens (including phenoxy) is 1. The average molecular weight is 223 g/mol. The lowest BCUT2D eigenvalue weighted by Gasteiger charge is -2.40. The van der Waals surface area contributed by atoms with E-state index in [0.717, 1.165) is 13.0 Å². The van der Waals surface area contributed by atoms with Crippen LogP contribution in [0.1, 0.15) is 37.8 Å². The van der Waals surface area contributed by atoms with Crippen LogP contribution in [0.15, 0.2) is 12.4 Å². The summed E-state index contributed by atoms with van der Waals surface area (Å²) in [5, 5.41) is 7.60. The second kappa shape index (κ2) is 4.55. The van der Waals surface area contributed by atoms with Crippen LogP contribution in [0.4, 0.5) is 0 Å². The van der Waals surface area contributed by atoms with E-state index in [-0.39, 0.29) is 11.6 Å². The van der Waals surface area contributed by atoms with Crippen molar-refractivity contribution < 1.29 is 4.74 Å². The Bertz CT molecular complexity index is 342. The number of hydrogen-bond acceptors (Lipinski definition) is 3. The van der Waals surface area contributed by atoms with Crippen molar-refractivity contribution in [1.82, 2.24) is 15.1 Å². The molecule has 0 aliphatic carbocycles. The normalized spacial score (nSPS) is 27.9. The Hall–Kier alpha value is -0.870. The van der Waals surface area contributed by atoms with Gasteiger partial charge in [-0.1, -0.05) is 0 Å². The molecule has 4 nitrogen and oxygen atoms in total. The fourth-order valence-electron chi connectivity index (χ4n) is 2.60. The minimum Gasteiger partial charge on any atom is -0.373 e. The molecule has 2 heterocycles. The molecule has 2 atom stereocenters. The molecule has 1 aliphatic heterocycles. The number of likely N-dealkylation sites (N-methyl/N-ethyl adjacent to an activating group) is 1. The van der Waals surface area contributed by atoms with E-state index in [0.29, 0.717) is 0 Å². The Morgan fingerprint density at radius 3 is 2.88 bits per heavy atom. The fourth-order valence-corrected chi connectivity index (χ4v) is 2.60. The number of rotatable bonds is 3. The van der Waals surface area contributed by atoms with Gasteiger partial charge in [0.05, 0.1) is 17.8 Å². The standard InChI is InChI=1S/C12H21N3O/c1-12(6-4-5-7-16-12)11(13-2)10-8-14-15(3)9-10/h8-9,11,13H,4-7H2,1-3H3. The minimum atomic E-state index is -0.101. The van der Waals surface area contributed by atoms with E-state index in [1.54, 1.807) is 0 Å². The number of hydrogen-bond donors (Lipinski definition) is 1. The zero-order valence-corrected chi connectivity index (χ0v) is 10.4. The summed E-state index contributed by atoms with van der Waals surface area (Å²) in [5.74, 6) is 0. The van der Waals surface area contributed by atoms with Gasteiger partial charge in [0, 0.05) is 25.4 Å². The summed E-state index contributed by atoms with van der Waals surface area (Å²) >= 11 is 0. The van der Waals surface area contributed by atoms with Gasteiger partial charge in [0.2, 0.25) is 0 Å². The summed E-state index contributed by atoms with van der Waals surface area (Å²) in [6.45, 7) is 3.06. The second-order valence-electron chi connectivity index (χ2n) is 4.79. The van der Waals surface area contributed by atoms with Gasteiger partial charge in [-0.25, -0.2) is 0 Å². The van der Waals surface area contributed by atoms with Crippen molar-refractivity contribution >= 4 is 0 Å². The van der Waals surface area contributed by atoms with Crippen LogP contribution in [0.5, 0.6) is 0 Å². The monoisotopic (exact) mass is 223 g/mol. The number of aromatic nitrogens is 2.